The molecule has 20 heavy (non-hydrogen) atoms. The molecule has 1 atom stereocenters. The smallest absolute Gasteiger partial charge is 0.145 e. The number of nitrogens with zero attached hydrogens (tertiary/aromatic N) is 2. The van der Waals surface area contributed by atoms with Crippen LogP contribution in [0.5, 0.6) is 0 Å². The minimum absolute atomic E-state index is 0.150. The fourth-order valence-electron chi connectivity index (χ4n) is 2.08. The molecule has 2 aromatic rings. The van der Waals surface area contributed by atoms with E-state index in [1.54, 1.807) is 0 Å². The Hall–Kier alpha value is -1.74. The maximum Gasteiger partial charge on any atom is 0.145 e. The molecule has 1 unspecified atom stereocenters. The molecule has 0 amide bonds. The summed E-state index contributed by atoms with van der Waals surface area (Å²) in [6.45, 7) is 10.5. The summed E-state index contributed by atoms with van der Waals surface area (Å²) in [5.74, 6) is 0.694. The van der Waals surface area contributed by atoms with E-state index in [1.165, 1.54) is 5.56 Å². The highest BCUT2D eigenvalue weighted by atomic mass is 14.9. The minimum Gasteiger partial charge on any atom is -0.322 e. The Morgan fingerprint density at radius 1 is 1.05 bits per heavy atom. The molecule has 3 nitrogen and oxygen atoms in total. The van der Waals surface area contributed by atoms with Gasteiger partial charge in [-0.2, -0.15) is 0 Å². The molecular formula is C17H23N3. The lowest BCUT2D eigenvalue weighted by Gasteiger charge is -2.19. The number of hydrogen-bond donors (Lipinski definition) is 1. The molecule has 2 N–H and O–H groups in total. The summed E-state index contributed by atoms with van der Waals surface area (Å²) < 4.78 is 0. The molecule has 0 fully saturated rings. The van der Waals surface area contributed by atoms with E-state index in [-0.39, 0.29) is 11.5 Å². The first-order valence-electron chi connectivity index (χ1n) is 6.99. The predicted octanol–water partition coefficient (Wildman–Crippen LogP) is 3.77. The summed E-state index contributed by atoms with van der Waals surface area (Å²) in [6.07, 6.45) is 0. The van der Waals surface area contributed by atoms with Gasteiger partial charge in [0.1, 0.15) is 5.82 Å². The highest BCUT2D eigenvalue weighted by Crippen LogP contribution is 2.25. The van der Waals surface area contributed by atoms with Crippen LogP contribution in [0.15, 0.2) is 30.3 Å². The molecule has 0 aliphatic carbocycles. The first-order chi connectivity index (χ1) is 9.27. The lowest BCUT2D eigenvalue weighted by molar-refractivity contribution is 0.590. The SMILES string of the molecule is Cc1cc(-c2ccc(C(C)(C)C)cc2)nc(C(C)N)n1. The van der Waals surface area contributed by atoms with E-state index in [1.807, 2.05) is 19.9 Å². The molecule has 0 aliphatic heterocycles. The van der Waals surface area contributed by atoms with Gasteiger partial charge in [0.25, 0.3) is 0 Å². The highest BCUT2D eigenvalue weighted by molar-refractivity contribution is 5.60. The van der Waals surface area contributed by atoms with E-state index in [0.29, 0.717) is 5.82 Å². The topological polar surface area (TPSA) is 51.8 Å². The van der Waals surface area contributed by atoms with Crippen LogP contribution in [-0.4, -0.2) is 9.97 Å². The van der Waals surface area contributed by atoms with E-state index in [2.05, 4.69) is 55.0 Å². The van der Waals surface area contributed by atoms with Crippen molar-refractivity contribution in [1.82, 2.24) is 9.97 Å². The summed E-state index contributed by atoms with van der Waals surface area (Å²) in [4.78, 5) is 8.94. The van der Waals surface area contributed by atoms with Crippen LogP contribution in [-0.2, 0) is 5.41 Å². The molecule has 0 spiro atoms. The molecule has 3 heteroatoms. The number of hydrogen-bond acceptors (Lipinski definition) is 3. The molecule has 106 valence electrons. The largest absolute Gasteiger partial charge is 0.322 e. The average Bonchev–Trinajstić information content (AvgIpc) is 2.37. The van der Waals surface area contributed by atoms with Crippen LogP contribution in [0, 0.1) is 6.92 Å². The van der Waals surface area contributed by atoms with Crippen molar-refractivity contribution in [2.24, 2.45) is 5.73 Å². The molecule has 0 saturated carbocycles. The van der Waals surface area contributed by atoms with Gasteiger partial charge in [0.05, 0.1) is 11.7 Å². The third-order valence-electron chi connectivity index (χ3n) is 3.33. The van der Waals surface area contributed by atoms with Gasteiger partial charge < -0.3 is 5.73 Å². The van der Waals surface area contributed by atoms with Crippen molar-refractivity contribution in [1.29, 1.82) is 0 Å². The van der Waals surface area contributed by atoms with E-state index in [0.717, 1.165) is 17.0 Å². The zero-order valence-corrected chi connectivity index (χ0v) is 12.9. The second kappa shape index (κ2) is 5.33. The third-order valence-corrected chi connectivity index (χ3v) is 3.33. The first-order valence-corrected chi connectivity index (χ1v) is 6.99. The van der Waals surface area contributed by atoms with Crippen LogP contribution >= 0.6 is 0 Å². The zero-order valence-electron chi connectivity index (χ0n) is 12.9. The second-order valence-electron chi connectivity index (χ2n) is 6.37. The maximum atomic E-state index is 5.89. The first kappa shape index (κ1) is 14.7. The molecule has 0 bridgehead atoms. The quantitative estimate of drug-likeness (QED) is 0.903. The number of benzene rings is 1. The van der Waals surface area contributed by atoms with Crippen LogP contribution in [0.1, 0.15) is 50.8 Å². The van der Waals surface area contributed by atoms with Gasteiger partial charge >= 0.3 is 0 Å². The van der Waals surface area contributed by atoms with E-state index < -0.39 is 0 Å². The fraction of sp³-hybridized carbons (Fsp3) is 0.412. The molecule has 0 saturated heterocycles. The molecule has 0 aliphatic rings. The van der Waals surface area contributed by atoms with Crippen LogP contribution in [0.4, 0.5) is 0 Å². The standard InChI is InChI=1S/C17H23N3/c1-11-10-15(20-16(19-11)12(2)18)13-6-8-14(9-7-13)17(3,4)5/h6-10,12H,18H2,1-5H3. The lowest BCUT2D eigenvalue weighted by atomic mass is 9.86. The van der Waals surface area contributed by atoms with Crippen molar-refractivity contribution < 1.29 is 0 Å². The van der Waals surface area contributed by atoms with Crippen LogP contribution < -0.4 is 5.73 Å². The van der Waals surface area contributed by atoms with Gasteiger partial charge in [-0.3, -0.25) is 0 Å². The number of rotatable bonds is 2. The highest BCUT2D eigenvalue weighted by Gasteiger charge is 2.14. The van der Waals surface area contributed by atoms with E-state index in [4.69, 9.17) is 5.73 Å². The Labute approximate surface area is 121 Å². The number of aromatic nitrogens is 2. The van der Waals surface area contributed by atoms with Crippen LogP contribution in [0.3, 0.4) is 0 Å². The summed E-state index contributed by atoms with van der Waals surface area (Å²) in [7, 11) is 0. The van der Waals surface area contributed by atoms with Crippen molar-refractivity contribution in [2.75, 3.05) is 0 Å². The Bertz CT molecular complexity index is 593. The van der Waals surface area contributed by atoms with E-state index >= 15 is 0 Å². The van der Waals surface area contributed by atoms with Crippen molar-refractivity contribution in [3.63, 3.8) is 0 Å². The fourth-order valence-corrected chi connectivity index (χ4v) is 2.08. The summed E-state index contributed by atoms with van der Waals surface area (Å²) in [6, 6.07) is 10.4. The summed E-state index contributed by atoms with van der Waals surface area (Å²) >= 11 is 0. The van der Waals surface area contributed by atoms with Crippen molar-refractivity contribution >= 4 is 0 Å². The van der Waals surface area contributed by atoms with E-state index in [9.17, 15) is 0 Å². The molecule has 1 aromatic heterocycles. The Morgan fingerprint density at radius 2 is 1.65 bits per heavy atom. The average molecular weight is 269 g/mol. The monoisotopic (exact) mass is 269 g/mol. The normalized spacial score (nSPS) is 13.3. The van der Waals surface area contributed by atoms with Gasteiger partial charge in [-0.15, -0.1) is 0 Å². The number of aryl methyl sites for hydroxylation is 1. The zero-order chi connectivity index (χ0) is 14.9. The van der Waals surface area contributed by atoms with Crippen molar-refractivity contribution in [3.05, 3.63) is 47.4 Å². The van der Waals surface area contributed by atoms with Gasteiger partial charge in [0.2, 0.25) is 0 Å². The van der Waals surface area contributed by atoms with Crippen LogP contribution in [0.25, 0.3) is 11.3 Å². The molecule has 0 radical (unpaired) electrons. The van der Waals surface area contributed by atoms with Gasteiger partial charge in [-0.1, -0.05) is 45.0 Å². The molecule has 2 rings (SSSR count). The van der Waals surface area contributed by atoms with Crippen molar-refractivity contribution in [2.45, 2.75) is 46.1 Å². The van der Waals surface area contributed by atoms with Gasteiger partial charge in [-0.05, 0) is 30.9 Å². The minimum atomic E-state index is -0.150. The molecular weight excluding hydrogens is 246 g/mol. The Balaban J connectivity index is 2.41. The predicted molar refractivity (Wildman–Crippen MR) is 83.5 cm³/mol. The molecule has 1 aromatic carbocycles. The third kappa shape index (κ3) is 3.23. The molecule has 1 heterocycles. The summed E-state index contributed by atoms with van der Waals surface area (Å²) in [5.41, 5.74) is 10.4. The van der Waals surface area contributed by atoms with Crippen molar-refractivity contribution in [3.8, 4) is 11.3 Å². The Morgan fingerprint density at radius 3 is 2.15 bits per heavy atom. The number of nitrogens with two attached hydrogens (primary N) is 1. The maximum absolute atomic E-state index is 5.89. The van der Waals surface area contributed by atoms with Gasteiger partial charge in [0, 0.05) is 11.3 Å². The second-order valence-corrected chi connectivity index (χ2v) is 6.37. The lowest BCUT2D eigenvalue weighted by Crippen LogP contribution is -2.12. The van der Waals surface area contributed by atoms with Gasteiger partial charge in [0.15, 0.2) is 0 Å². The Kier molecular flexibility index (Phi) is 3.91. The van der Waals surface area contributed by atoms with Gasteiger partial charge in [-0.25, -0.2) is 9.97 Å². The van der Waals surface area contributed by atoms with Crippen LogP contribution in [0.2, 0.25) is 0 Å². The summed E-state index contributed by atoms with van der Waals surface area (Å²) in [5, 5.41) is 0.